The molecule has 148 valence electrons. The molecule has 0 atom stereocenters. The normalized spacial score (nSPS) is 21.9. The third-order valence-corrected chi connectivity index (χ3v) is 7.79. The maximum atomic E-state index is 9.66. The fourth-order valence-electron chi connectivity index (χ4n) is 3.82. The molecule has 0 spiro atoms. The average molecular weight is 398 g/mol. The summed E-state index contributed by atoms with van der Waals surface area (Å²) in [4.78, 5) is 2.18. The second-order valence-electron chi connectivity index (χ2n) is 7.14. The highest BCUT2D eigenvalue weighted by atomic mass is 31.1. The van der Waals surface area contributed by atoms with Crippen LogP contribution in [0.15, 0.2) is 53.6 Å². The summed E-state index contributed by atoms with van der Waals surface area (Å²) in [7, 11) is -0.615. The van der Waals surface area contributed by atoms with Gasteiger partial charge in [-0.2, -0.15) is 5.26 Å². The zero-order chi connectivity index (χ0) is 19.2. The predicted octanol–water partition coefficient (Wildman–Crippen LogP) is 3.12. The summed E-state index contributed by atoms with van der Waals surface area (Å²) in [5, 5.41) is 11.0. The van der Waals surface area contributed by atoms with Gasteiger partial charge in [0.2, 0.25) is 0 Å². The van der Waals surface area contributed by atoms with Gasteiger partial charge in [-0.25, -0.2) is 0 Å². The fraction of sp³-hybridized carbons (Fsp3) is 0.476. The largest absolute Gasteiger partial charge is 0.379 e. The van der Waals surface area contributed by atoms with Gasteiger partial charge in [0.15, 0.2) is 0 Å². The number of morpholine rings is 2. The molecule has 6 nitrogen and oxygen atoms in total. The van der Waals surface area contributed by atoms with Crippen molar-refractivity contribution in [1.82, 2.24) is 14.2 Å². The standard InChI is InChI=1S/C21H27N4O2P/c22-15-20-14-21(18-23(17-20)16-19-4-2-1-3-5-19)28(24-6-10-26-11-7-24)25-8-12-27-13-9-25/h1-5,17-18H,6-14,16H2. The Labute approximate surface area is 168 Å². The van der Waals surface area contributed by atoms with Gasteiger partial charge in [-0.1, -0.05) is 30.3 Å². The summed E-state index contributed by atoms with van der Waals surface area (Å²) in [6.07, 6.45) is 5.02. The number of benzene rings is 1. The molecule has 2 fully saturated rings. The minimum atomic E-state index is -0.615. The van der Waals surface area contributed by atoms with Crippen molar-refractivity contribution in [3.8, 4) is 6.07 Å². The van der Waals surface area contributed by atoms with E-state index in [2.05, 4.69) is 50.8 Å². The highest BCUT2D eigenvalue weighted by Crippen LogP contribution is 2.55. The van der Waals surface area contributed by atoms with E-state index in [1.54, 1.807) is 0 Å². The molecule has 3 aliphatic rings. The first-order valence-corrected chi connectivity index (χ1v) is 11.1. The van der Waals surface area contributed by atoms with Gasteiger partial charge in [0, 0.05) is 56.9 Å². The van der Waals surface area contributed by atoms with E-state index in [1.807, 2.05) is 12.3 Å². The quantitative estimate of drug-likeness (QED) is 0.711. The van der Waals surface area contributed by atoms with Gasteiger partial charge in [0.25, 0.3) is 0 Å². The van der Waals surface area contributed by atoms with E-state index in [0.29, 0.717) is 0 Å². The van der Waals surface area contributed by atoms with Crippen LogP contribution in [0.5, 0.6) is 0 Å². The molecule has 0 aliphatic carbocycles. The molecule has 2 saturated heterocycles. The van der Waals surface area contributed by atoms with Crippen LogP contribution in [-0.4, -0.2) is 66.8 Å². The highest BCUT2D eigenvalue weighted by molar-refractivity contribution is 7.57. The zero-order valence-corrected chi connectivity index (χ0v) is 17.1. The second kappa shape index (κ2) is 9.65. The molecule has 1 aromatic rings. The van der Waals surface area contributed by atoms with E-state index in [0.717, 1.165) is 71.1 Å². The lowest BCUT2D eigenvalue weighted by molar-refractivity contribution is 0.0589. The molecule has 3 aliphatic heterocycles. The molecule has 4 rings (SSSR count). The zero-order valence-electron chi connectivity index (χ0n) is 16.2. The Morgan fingerprint density at radius 3 is 2.07 bits per heavy atom. The summed E-state index contributed by atoms with van der Waals surface area (Å²) in [5.41, 5.74) is 2.08. The van der Waals surface area contributed by atoms with Crippen molar-refractivity contribution in [2.45, 2.75) is 13.0 Å². The van der Waals surface area contributed by atoms with Crippen molar-refractivity contribution in [3.63, 3.8) is 0 Å². The molecule has 28 heavy (non-hydrogen) atoms. The van der Waals surface area contributed by atoms with E-state index < -0.39 is 8.22 Å². The molecule has 0 N–H and O–H groups in total. The van der Waals surface area contributed by atoms with Crippen molar-refractivity contribution in [2.24, 2.45) is 0 Å². The summed E-state index contributed by atoms with van der Waals surface area (Å²) >= 11 is 0. The van der Waals surface area contributed by atoms with Gasteiger partial charge in [-0.15, -0.1) is 0 Å². The first-order valence-electron chi connectivity index (χ1n) is 9.90. The minimum absolute atomic E-state index is 0.615. The van der Waals surface area contributed by atoms with Crippen LogP contribution in [0.25, 0.3) is 0 Å². The van der Waals surface area contributed by atoms with Crippen LogP contribution in [0.1, 0.15) is 12.0 Å². The van der Waals surface area contributed by atoms with Gasteiger partial charge >= 0.3 is 0 Å². The topological polar surface area (TPSA) is 52.0 Å². The van der Waals surface area contributed by atoms with Crippen LogP contribution in [-0.2, 0) is 16.0 Å². The minimum Gasteiger partial charge on any atom is -0.379 e. The Bertz CT molecular complexity index is 731. The van der Waals surface area contributed by atoms with Crippen LogP contribution >= 0.6 is 8.22 Å². The molecule has 7 heteroatoms. The molecule has 3 heterocycles. The Kier molecular flexibility index (Phi) is 6.74. The molecule has 1 aromatic carbocycles. The number of hydrogen-bond acceptors (Lipinski definition) is 6. The molecule has 0 unspecified atom stereocenters. The van der Waals surface area contributed by atoms with E-state index in [9.17, 15) is 5.26 Å². The fourth-order valence-corrected chi connectivity index (χ4v) is 6.55. The maximum absolute atomic E-state index is 9.66. The van der Waals surface area contributed by atoms with Crippen molar-refractivity contribution >= 4 is 8.22 Å². The second-order valence-corrected chi connectivity index (χ2v) is 9.43. The maximum Gasteiger partial charge on any atom is 0.0966 e. The Hall–Kier alpha value is -1.74. The van der Waals surface area contributed by atoms with Crippen LogP contribution in [0.4, 0.5) is 0 Å². The molecule has 0 aromatic heterocycles. The third-order valence-electron chi connectivity index (χ3n) is 5.13. The number of hydrogen-bond donors (Lipinski definition) is 0. The van der Waals surface area contributed by atoms with Crippen LogP contribution < -0.4 is 0 Å². The summed E-state index contributed by atoms with van der Waals surface area (Å²) in [5.74, 6) is 0. The lowest BCUT2D eigenvalue weighted by Gasteiger charge is -2.44. The van der Waals surface area contributed by atoms with Gasteiger partial charge < -0.3 is 14.4 Å². The summed E-state index contributed by atoms with van der Waals surface area (Å²) in [6.45, 7) is 7.71. The SMILES string of the molecule is N#CC1=CN(Cc2ccccc2)C=C(P(N2CCOCC2)N2CCOCC2)C1. The highest BCUT2D eigenvalue weighted by Gasteiger charge is 2.33. The van der Waals surface area contributed by atoms with E-state index in [-0.39, 0.29) is 0 Å². The number of nitrogens with zero attached hydrogens (tertiary/aromatic N) is 4. The summed E-state index contributed by atoms with van der Waals surface area (Å²) < 4.78 is 16.3. The van der Waals surface area contributed by atoms with Gasteiger partial charge in [-0.05, 0) is 5.56 Å². The molecule has 0 radical (unpaired) electrons. The third kappa shape index (κ3) is 4.81. The molecule has 0 amide bonds. The van der Waals surface area contributed by atoms with Crippen molar-refractivity contribution < 1.29 is 9.47 Å². The molecule has 0 bridgehead atoms. The van der Waals surface area contributed by atoms with Crippen LogP contribution in [0, 0.1) is 11.3 Å². The number of allylic oxidation sites excluding steroid dienone is 2. The molecule has 0 saturated carbocycles. The van der Waals surface area contributed by atoms with E-state index in [4.69, 9.17) is 9.47 Å². The molecular weight excluding hydrogens is 371 g/mol. The first-order chi connectivity index (χ1) is 13.8. The Morgan fingerprint density at radius 2 is 1.50 bits per heavy atom. The van der Waals surface area contributed by atoms with Crippen molar-refractivity contribution in [1.29, 1.82) is 5.26 Å². The van der Waals surface area contributed by atoms with Crippen molar-refractivity contribution in [3.05, 3.63) is 59.2 Å². The van der Waals surface area contributed by atoms with Gasteiger partial charge in [0.05, 0.1) is 46.3 Å². The number of ether oxygens (including phenoxy) is 2. The number of rotatable bonds is 5. The predicted molar refractivity (Wildman–Crippen MR) is 110 cm³/mol. The lowest BCUT2D eigenvalue weighted by atomic mass is 10.1. The Morgan fingerprint density at radius 1 is 0.893 bits per heavy atom. The van der Waals surface area contributed by atoms with E-state index in [1.165, 1.54) is 10.9 Å². The van der Waals surface area contributed by atoms with Gasteiger partial charge in [-0.3, -0.25) is 9.34 Å². The van der Waals surface area contributed by atoms with Gasteiger partial charge in [0.1, 0.15) is 0 Å². The first kappa shape index (κ1) is 19.6. The number of nitriles is 1. The lowest BCUT2D eigenvalue weighted by Crippen LogP contribution is -2.41. The van der Waals surface area contributed by atoms with Crippen molar-refractivity contribution in [2.75, 3.05) is 52.6 Å². The van der Waals surface area contributed by atoms with Crippen LogP contribution in [0.3, 0.4) is 0 Å². The Balaban J connectivity index is 1.60. The van der Waals surface area contributed by atoms with E-state index >= 15 is 0 Å². The monoisotopic (exact) mass is 398 g/mol. The average Bonchev–Trinajstić information content (AvgIpc) is 2.76. The smallest absolute Gasteiger partial charge is 0.0966 e. The molecular formula is C21H27N4O2P. The summed E-state index contributed by atoms with van der Waals surface area (Å²) in [6, 6.07) is 12.8. The van der Waals surface area contributed by atoms with Crippen LogP contribution in [0.2, 0.25) is 0 Å².